The number of para-hydroxylation sites is 2. The summed E-state index contributed by atoms with van der Waals surface area (Å²) in [5.41, 5.74) is 1.04. The zero-order valence-electron chi connectivity index (χ0n) is 13.9. The fourth-order valence-electron chi connectivity index (χ4n) is 2.00. The van der Waals surface area contributed by atoms with Gasteiger partial charge in [-0.05, 0) is 51.1 Å². The fourth-order valence-corrected chi connectivity index (χ4v) is 2.00. The molecule has 0 aliphatic rings. The van der Waals surface area contributed by atoms with Crippen LogP contribution >= 0.6 is 0 Å². The third kappa shape index (κ3) is 5.31. The van der Waals surface area contributed by atoms with E-state index in [-0.39, 0.29) is 18.0 Å². The maximum Gasteiger partial charge on any atom is 0.319 e. The molecule has 0 spiro atoms. The Morgan fingerprint density at radius 3 is 2.29 bits per heavy atom. The highest BCUT2D eigenvalue weighted by atomic mass is 16.3. The molecule has 3 amide bonds. The molecular weight excluding hydrogens is 306 g/mol. The Morgan fingerprint density at radius 1 is 1.04 bits per heavy atom. The van der Waals surface area contributed by atoms with Gasteiger partial charge < -0.3 is 20.4 Å². The minimum atomic E-state index is -0.326. The lowest BCUT2D eigenvalue weighted by atomic mass is 10.2. The Bertz CT molecular complexity index is 747. The Labute approximate surface area is 140 Å². The highest BCUT2D eigenvalue weighted by molar-refractivity contribution is 6.05. The Morgan fingerprint density at radius 2 is 1.71 bits per heavy atom. The van der Waals surface area contributed by atoms with Gasteiger partial charge in [-0.15, -0.1) is 0 Å². The standard InChI is InChI=1S/C18H21N3O3/c1-12(2)19-18(23)21-16-7-5-4-6-15(16)20-17(22)11-10-14-9-8-13(3)24-14/h4-12H,1-3H3,(H,20,22)(H2,19,21,23)/b11-10+. The molecule has 0 unspecified atom stereocenters. The van der Waals surface area contributed by atoms with Gasteiger partial charge in [0.1, 0.15) is 11.5 Å². The van der Waals surface area contributed by atoms with Crippen LogP contribution in [0.15, 0.2) is 46.9 Å². The number of amides is 3. The largest absolute Gasteiger partial charge is 0.462 e. The maximum absolute atomic E-state index is 12.0. The van der Waals surface area contributed by atoms with Gasteiger partial charge in [-0.25, -0.2) is 4.79 Å². The van der Waals surface area contributed by atoms with Crippen LogP contribution in [0.2, 0.25) is 0 Å². The summed E-state index contributed by atoms with van der Waals surface area (Å²) < 4.78 is 5.37. The van der Waals surface area contributed by atoms with Crippen LogP contribution in [0.25, 0.3) is 6.08 Å². The summed E-state index contributed by atoms with van der Waals surface area (Å²) in [7, 11) is 0. The molecule has 126 valence electrons. The number of benzene rings is 1. The van der Waals surface area contributed by atoms with Gasteiger partial charge in [0.05, 0.1) is 11.4 Å². The lowest BCUT2D eigenvalue weighted by molar-refractivity contribution is -0.111. The lowest BCUT2D eigenvalue weighted by Gasteiger charge is -2.13. The number of aryl methyl sites for hydroxylation is 1. The third-order valence-electron chi connectivity index (χ3n) is 3.01. The van der Waals surface area contributed by atoms with Gasteiger partial charge in [0.2, 0.25) is 5.91 Å². The van der Waals surface area contributed by atoms with Crippen LogP contribution in [0, 0.1) is 6.92 Å². The van der Waals surface area contributed by atoms with E-state index in [9.17, 15) is 9.59 Å². The molecule has 0 bridgehead atoms. The van der Waals surface area contributed by atoms with E-state index in [0.29, 0.717) is 17.1 Å². The molecule has 0 atom stereocenters. The molecule has 1 aromatic carbocycles. The summed E-state index contributed by atoms with van der Waals surface area (Å²) in [5.74, 6) is 1.06. The van der Waals surface area contributed by atoms with E-state index in [1.54, 1.807) is 36.4 Å². The molecule has 0 aliphatic carbocycles. The second-order valence-electron chi connectivity index (χ2n) is 5.57. The SMILES string of the molecule is Cc1ccc(/C=C/C(=O)Nc2ccccc2NC(=O)NC(C)C)o1. The number of carbonyl (C=O) groups is 2. The number of hydrogen-bond acceptors (Lipinski definition) is 3. The molecule has 24 heavy (non-hydrogen) atoms. The Hall–Kier alpha value is -3.02. The average Bonchev–Trinajstić information content (AvgIpc) is 2.92. The van der Waals surface area contributed by atoms with E-state index >= 15 is 0 Å². The monoisotopic (exact) mass is 327 g/mol. The van der Waals surface area contributed by atoms with E-state index in [0.717, 1.165) is 5.76 Å². The number of hydrogen-bond donors (Lipinski definition) is 3. The summed E-state index contributed by atoms with van der Waals surface area (Å²) >= 11 is 0. The van der Waals surface area contributed by atoms with Gasteiger partial charge in [0, 0.05) is 12.1 Å². The van der Waals surface area contributed by atoms with Gasteiger partial charge in [0.15, 0.2) is 0 Å². The molecule has 0 saturated carbocycles. The van der Waals surface area contributed by atoms with Crippen LogP contribution in [0.5, 0.6) is 0 Å². The molecule has 3 N–H and O–H groups in total. The summed E-state index contributed by atoms with van der Waals surface area (Å²) in [6.07, 6.45) is 2.97. The molecule has 6 heteroatoms. The van der Waals surface area contributed by atoms with Crippen molar-refractivity contribution in [2.24, 2.45) is 0 Å². The second-order valence-corrected chi connectivity index (χ2v) is 5.57. The first-order valence-corrected chi connectivity index (χ1v) is 7.66. The minimum Gasteiger partial charge on any atom is -0.462 e. The van der Waals surface area contributed by atoms with Crippen LogP contribution in [0.3, 0.4) is 0 Å². The maximum atomic E-state index is 12.0. The number of rotatable bonds is 5. The average molecular weight is 327 g/mol. The van der Waals surface area contributed by atoms with Crippen LogP contribution in [0.4, 0.5) is 16.2 Å². The Kier molecular flexibility index (Phi) is 5.78. The van der Waals surface area contributed by atoms with E-state index in [1.807, 2.05) is 26.8 Å². The minimum absolute atomic E-state index is 0.0199. The highest BCUT2D eigenvalue weighted by Crippen LogP contribution is 2.21. The summed E-state index contributed by atoms with van der Waals surface area (Å²) in [4.78, 5) is 23.9. The molecule has 0 radical (unpaired) electrons. The van der Waals surface area contributed by atoms with Crippen LogP contribution in [0.1, 0.15) is 25.4 Å². The number of nitrogens with one attached hydrogen (secondary N) is 3. The van der Waals surface area contributed by atoms with Crippen molar-refractivity contribution in [3.8, 4) is 0 Å². The van der Waals surface area contributed by atoms with Crippen molar-refractivity contribution in [2.75, 3.05) is 10.6 Å². The molecule has 0 saturated heterocycles. The normalized spacial score (nSPS) is 10.8. The number of furan rings is 1. The van der Waals surface area contributed by atoms with Crippen LogP contribution in [-0.2, 0) is 4.79 Å². The molecular formula is C18H21N3O3. The first-order chi connectivity index (χ1) is 11.4. The van der Waals surface area contributed by atoms with Crippen molar-refractivity contribution in [3.63, 3.8) is 0 Å². The van der Waals surface area contributed by atoms with Crippen molar-refractivity contribution in [2.45, 2.75) is 26.8 Å². The number of urea groups is 1. The molecule has 1 heterocycles. The topological polar surface area (TPSA) is 83.4 Å². The lowest BCUT2D eigenvalue weighted by Crippen LogP contribution is -2.34. The third-order valence-corrected chi connectivity index (χ3v) is 3.01. The Balaban J connectivity index is 2.02. The molecule has 2 rings (SSSR count). The number of carbonyl (C=O) groups excluding carboxylic acids is 2. The zero-order chi connectivity index (χ0) is 17.5. The first-order valence-electron chi connectivity index (χ1n) is 7.66. The second kappa shape index (κ2) is 8.01. The molecule has 0 aliphatic heterocycles. The van der Waals surface area contributed by atoms with Crippen molar-refractivity contribution in [1.29, 1.82) is 0 Å². The molecule has 6 nitrogen and oxygen atoms in total. The quantitative estimate of drug-likeness (QED) is 0.731. The predicted octanol–water partition coefficient (Wildman–Crippen LogP) is 3.77. The van der Waals surface area contributed by atoms with E-state index < -0.39 is 0 Å². The van der Waals surface area contributed by atoms with Crippen LogP contribution in [-0.4, -0.2) is 18.0 Å². The van der Waals surface area contributed by atoms with Gasteiger partial charge in [-0.2, -0.15) is 0 Å². The van der Waals surface area contributed by atoms with Crippen LogP contribution < -0.4 is 16.0 Å². The molecule has 1 aromatic heterocycles. The summed E-state index contributed by atoms with van der Waals surface area (Å²) in [6, 6.07) is 10.3. The summed E-state index contributed by atoms with van der Waals surface area (Å²) in [5, 5.41) is 8.18. The predicted molar refractivity (Wildman–Crippen MR) is 94.8 cm³/mol. The van der Waals surface area contributed by atoms with Crippen molar-refractivity contribution in [3.05, 3.63) is 54.0 Å². The van der Waals surface area contributed by atoms with Gasteiger partial charge >= 0.3 is 6.03 Å². The smallest absolute Gasteiger partial charge is 0.319 e. The van der Waals surface area contributed by atoms with Gasteiger partial charge in [0.25, 0.3) is 0 Å². The molecule has 0 fully saturated rings. The van der Waals surface area contributed by atoms with Crippen molar-refractivity contribution >= 4 is 29.4 Å². The van der Waals surface area contributed by atoms with Gasteiger partial charge in [-0.1, -0.05) is 12.1 Å². The molecule has 2 aromatic rings. The fraction of sp³-hybridized carbons (Fsp3) is 0.222. The van der Waals surface area contributed by atoms with Crippen molar-refractivity contribution < 1.29 is 14.0 Å². The summed E-state index contributed by atoms with van der Waals surface area (Å²) in [6.45, 7) is 5.57. The van der Waals surface area contributed by atoms with E-state index in [1.165, 1.54) is 6.08 Å². The number of anilines is 2. The highest BCUT2D eigenvalue weighted by Gasteiger charge is 2.08. The van der Waals surface area contributed by atoms with E-state index in [4.69, 9.17) is 4.42 Å². The van der Waals surface area contributed by atoms with Gasteiger partial charge in [-0.3, -0.25) is 4.79 Å². The van der Waals surface area contributed by atoms with Crippen molar-refractivity contribution in [1.82, 2.24) is 5.32 Å². The zero-order valence-corrected chi connectivity index (χ0v) is 13.9. The van der Waals surface area contributed by atoms with E-state index in [2.05, 4.69) is 16.0 Å². The first kappa shape index (κ1) is 17.3.